The first-order chi connectivity index (χ1) is 9.17. The maximum Gasteiger partial charge on any atom is 0.233 e. The topological polar surface area (TPSA) is 75.6 Å². The number of nitrogens with one attached hydrogen (secondary N) is 1. The van der Waals surface area contributed by atoms with Gasteiger partial charge in [0, 0.05) is 11.3 Å². The number of aliphatic hydroxyl groups excluding tert-OH is 1. The van der Waals surface area contributed by atoms with Crippen LogP contribution in [0.2, 0.25) is 0 Å². The normalized spacial score (nSPS) is 12.2. The van der Waals surface area contributed by atoms with Crippen LogP contribution in [-0.2, 0) is 16.6 Å². The highest BCUT2D eigenvalue weighted by molar-refractivity contribution is 7.92. The van der Waals surface area contributed by atoms with E-state index in [9.17, 15) is 13.5 Å². The third kappa shape index (κ3) is 5.38. The lowest BCUT2D eigenvalue weighted by molar-refractivity contribution is 0.267. The molecule has 0 fully saturated rings. The summed E-state index contributed by atoms with van der Waals surface area (Å²) in [5.41, 5.74) is 0.668. The highest BCUT2D eigenvalue weighted by Gasteiger charge is 2.21. The van der Waals surface area contributed by atoms with Gasteiger partial charge in [-0.1, -0.05) is 20.8 Å². The number of ether oxygens (including phenoxy) is 1. The molecule has 0 saturated carbocycles. The molecule has 0 heterocycles. The summed E-state index contributed by atoms with van der Waals surface area (Å²) in [6.45, 7) is 7.73. The van der Waals surface area contributed by atoms with Crippen molar-refractivity contribution in [1.29, 1.82) is 0 Å². The summed E-state index contributed by atoms with van der Waals surface area (Å²) in [7, 11) is -3.41. The number of hydrogen-bond donors (Lipinski definition) is 2. The highest BCUT2D eigenvalue weighted by Crippen LogP contribution is 2.25. The van der Waals surface area contributed by atoms with Gasteiger partial charge in [0.2, 0.25) is 10.0 Å². The van der Waals surface area contributed by atoms with Gasteiger partial charge in [-0.15, -0.1) is 0 Å². The Kier molecular flexibility index (Phi) is 5.42. The predicted molar refractivity (Wildman–Crippen MR) is 80.4 cm³/mol. The first-order valence-electron chi connectivity index (χ1n) is 6.54. The van der Waals surface area contributed by atoms with Gasteiger partial charge in [0.25, 0.3) is 0 Å². The Bertz CT molecular complexity index is 547. The second-order valence-corrected chi connectivity index (χ2v) is 7.56. The average Bonchev–Trinajstić information content (AvgIpc) is 2.27. The third-order valence-corrected chi connectivity index (χ3v) is 4.22. The van der Waals surface area contributed by atoms with Crippen molar-refractivity contribution >= 4 is 15.7 Å². The van der Waals surface area contributed by atoms with Gasteiger partial charge in [0.1, 0.15) is 5.75 Å². The van der Waals surface area contributed by atoms with Gasteiger partial charge >= 0.3 is 0 Å². The van der Waals surface area contributed by atoms with Gasteiger partial charge in [-0.3, -0.25) is 4.72 Å². The number of aliphatic hydroxyl groups is 1. The lowest BCUT2D eigenvalue weighted by atomic mass is 10.0. The van der Waals surface area contributed by atoms with E-state index < -0.39 is 10.0 Å². The molecule has 0 aliphatic carbocycles. The molecule has 6 heteroatoms. The molecule has 0 bridgehead atoms. The van der Waals surface area contributed by atoms with Crippen molar-refractivity contribution in [2.24, 2.45) is 5.41 Å². The van der Waals surface area contributed by atoms with Crippen molar-refractivity contribution in [1.82, 2.24) is 0 Å². The van der Waals surface area contributed by atoms with Crippen LogP contribution in [0.15, 0.2) is 18.2 Å². The largest absolute Gasteiger partial charge is 0.494 e. The molecule has 0 atom stereocenters. The Hall–Kier alpha value is -1.27. The van der Waals surface area contributed by atoms with Gasteiger partial charge in [0.05, 0.1) is 19.0 Å². The summed E-state index contributed by atoms with van der Waals surface area (Å²) in [4.78, 5) is 0. The molecule has 5 nitrogen and oxygen atoms in total. The van der Waals surface area contributed by atoms with Crippen LogP contribution in [-0.4, -0.2) is 25.9 Å². The lowest BCUT2D eigenvalue weighted by Crippen LogP contribution is -2.26. The van der Waals surface area contributed by atoms with E-state index in [2.05, 4.69) is 4.72 Å². The molecule has 1 aromatic carbocycles. The lowest BCUT2D eigenvalue weighted by Gasteiger charge is -2.19. The van der Waals surface area contributed by atoms with E-state index in [4.69, 9.17) is 4.74 Å². The van der Waals surface area contributed by atoms with Gasteiger partial charge in [-0.05, 0) is 30.5 Å². The molecule has 114 valence electrons. The number of hydrogen-bond acceptors (Lipinski definition) is 4. The van der Waals surface area contributed by atoms with Gasteiger partial charge < -0.3 is 9.84 Å². The zero-order chi connectivity index (χ0) is 15.4. The SMILES string of the molecule is CCOc1ccc(NS(=O)(=O)CC(C)(C)C)cc1CO. The molecule has 0 saturated heterocycles. The molecule has 0 aromatic heterocycles. The van der Waals surface area contributed by atoms with Crippen LogP contribution < -0.4 is 9.46 Å². The zero-order valence-corrected chi connectivity index (χ0v) is 13.3. The van der Waals surface area contributed by atoms with Gasteiger partial charge in [-0.2, -0.15) is 0 Å². The molecule has 20 heavy (non-hydrogen) atoms. The maximum atomic E-state index is 12.0. The highest BCUT2D eigenvalue weighted by atomic mass is 32.2. The van der Waals surface area contributed by atoms with Crippen molar-refractivity contribution in [3.05, 3.63) is 23.8 Å². The Morgan fingerprint density at radius 3 is 2.45 bits per heavy atom. The monoisotopic (exact) mass is 301 g/mol. The van der Waals surface area contributed by atoms with Crippen LogP contribution >= 0.6 is 0 Å². The molecule has 0 amide bonds. The fourth-order valence-electron chi connectivity index (χ4n) is 1.85. The van der Waals surface area contributed by atoms with Crippen molar-refractivity contribution in [3.8, 4) is 5.75 Å². The summed E-state index contributed by atoms with van der Waals surface area (Å²) in [5, 5.41) is 9.30. The van der Waals surface area contributed by atoms with Gasteiger partial charge in [-0.25, -0.2) is 8.42 Å². The van der Waals surface area contributed by atoms with E-state index in [1.807, 2.05) is 27.7 Å². The number of benzene rings is 1. The predicted octanol–water partition coefficient (Wildman–Crippen LogP) is 2.37. The van der Waals surface area contributed by atoms with Crippen molar-refractivity contribution < 1.29 is 18.3 Å². The minimum absolute atomic E-state index is 0.0294. The van der Waals surface area contributed by atoms with E-state index in [1.165, 1.54) is 0 Å². The van der Waals surface area contributed by atoms with Crippen LogP contribution in [0.3, 0.4) is 0 Å². The van der Waals surface area contributed by atoms with E-state index in [0.717, 1.165) is 0 Å². The smallest absolute Gasteiger partial charge is 0.233 e. The van der Waals surface area contributed by atoms with E-state index in [-0.39, 0.29) is 17.8 Å². The second-order valence-electron chi connectivity index (χ2n) is 5.84. The fraction of sp³-hybridized carbons (Fsp3) is 0.571. The van der Waals surface area contributed by atoms with Crippen LogP contribution in [0.4, 0.5) is 5.69 Å². The third-order valence-electron chi connectivity index (χ3n) is 2.43. The minimum Gasteiger partial charge on any atom is -0.494 e. The fourth-order valence-corrected chi connectivity index (χ4v) is 3.55. The van der Waals surface area contributed by atoms with Crippen LogP contribution in [0.25, 0.3) is 0 Å². The first kappa shape index (κ1) is 16.8. The van der Waals surface area contributed by atoms with E-state index in [1.54, 1.807) is 18.2 Å². The average molecular weight is 301 g/mol. The number of sulfonamides is 1. The molecule has 0 unspecified atom stereocenters. The first-order valence-corrected chi connectivity index (χ1v) is 8.19. The van der Waals surface area contributed by atoms with Crippen molar-refractivity contribution in [2.45, 2.75) is 34.3 Å². The van der Waals surface area contributed by atoms with E-state index in [0.29, 0.717) is 23.6 Å². The van der Waals surface area contributed by atoms with Crippen molar-refractivity contribution in [3.63, 3.8) is 0 Å². The molecule has 0 aliphatic rings. The van der Waals surface area contributed by atoms with E-state index >= 15 is 0 Å². The molecular weight excluding hydrogens is 278 g/mol. The maximum absolute atomic E-state index is 12.0. The van der Waals surface area contributed by atoms with Crippen molar-refractivity contribution in [2.75, 3.05) is 17.1 Å². The summed E-state index contributed by atoms with van der Waals surface area (Å²) >= 11 is 0. The number of rotatable bonds is 6. The molecule has 2 N–H and O–H groups in total. The molecule has 1 aromatic rings. The minimum atomic E-state index is -3.41. The van der Waals surface area contributed by atoms with Crippen LogP contribution in [0, 0.1) is 5.41 Å². The quantitative estimate of drug-likeness (QED) is 0.846. The summed E-state index contributed by atoms with van der Waals surface area (Å²) in [5.74, 6) is 0.593. The summed E-state index contributed by atoms with van der Waals surface area (Å²) in [6.07, 6.45) is 0. The standard InChI is InChI=1S/C14H23NO4S/c1-5-19-13-7-6-12(8-11(13)9-16)15-20(17,18)10-14(2,3)4/h6-8,15-16H,5,9-10H2,1-4H3. The number of anilines is 1. The van der Waals surface area contributed by atoms with Crippen LogP contribution in [0.5, 0.6) is 5.75 Å². The molecule has 0 spiro atoms. The Morgan fingerprint density at radius 1 is 1.30 bits per heavy atom. The second kappa shape index (κ2) is 6.45. The Labute approximate surface area is 121 Å². The molecule has 1 rings (SSSR count). The Morgan fingerprint density at radius 2 is 1.95 bits per heavy atom. The molecule has 0 radical (unpaired) electrons. The van der Waals surface area contributed by atoms with Crippen LogP contribution in [0.1, 0.15) is 33.3 Å². The zero-order valence-electron chi connectivity index (χ0n) is 12.4. The summed E-state index contributed by atoms with van der Waals surface area (Å²) in [6, 6.07) is 4.87. The van der Waals surface area contributed by atoms with Gasteiger partial charge in [0.15, 0.2) is 0 Å². The summed E-state index contributed by atoms with van der Waals surface area (Å²) < 4.78 is 31.9. The molecular formula is C14H23NO4S. The molecule has 0 aliphatic heterocycles. The Balaban J connectivity index is 2.93.